The molecule has 8 nitrogen and oxygen atoms in total. The van der Waals surface area contributed by atoms with Crippen LogP contribution in [0, 0.1) is 0 Å². The second-order valence-electron chi connectivity index (χ2n) is 7.74. The molecule has 3 aromatic rings. The number of para-hydroxylation sites is 1. The van der Waals surface area contributed by atoms with Crippen molar-refractivity contribution in [2.75, 3.05) is 44.1 Å². The minimum absolute atomic E-state index is 0. The number of fused-ring (bicyclic) bond motifs is 1. The zero-order valence-electron chi connectivity index (χ0n) is 18.6. The molecule has 0 aliphatic carbocycles. The van der Waals surface area contributed by atoms with Gasteiger partial charge in [0.25, 0.3) is 5.91 Å². The maximum atomic E-state index is 13.6. The molecule has 33 heavy (non-hydrogen) atoms. The summed E-state index contributed by atoms with van der Waals surface area (Å²) >= 11 is 1.42. The lowest BCUT2D eigenvalue weighted by Crippen LogP contribution is -2.37. The number of nitrogens with zero attached hydrogens (tertiary/aromatic N) is 4. The number of hydrogen-bond donors (Lipinski definition) is 0. The fraction of sp³-hybridized carbons (Fsp3) is 0.304. The van der Waals surface area contributed by atoms with Crippen LogP contribution in [0.3, 0.4) is 0 Å². The van der Waals surface area contributed by atoms with Gasteiger partial charge in [-0.15, -0.1) is 12.4 Å². The van der Waals surface area contributed by atoms with Crippen LogP contribution in [0.1, 0.15) is 23.2 Å². The van der Waals surface area contributed by atoms with Crippen molar-refractivity contribution >= 4 is 62.5 Å². The van der Waals surface area contributed by atoms with Gasteiger partial charge in [-0.05, 0) is 44.4 Å². The van der Waals surface area contributed by atoms with Crippen molar-refractivity contribution < 1.29 is 19.1 Å². The first-order chi connectivity index (χ1) is 15.4. The second kappa shape index (κ2) is 10.3. The van der Waals surface area contributed by atoms with Crippen LogP contribution in [-0.4, -0.2) is 61.9 Å². The first kappa shape index (κ1) is 24.6. The molecule has 0 unspecified atom stereocenters. The third-order valence-electron chi connectivity index (χ3n) is 5.24. The number of halogens is 1. The average Bonchev–Trinajstić information content (AvgIpc) is 3.36. The molecule has 0 radical (unpaired) electrons. The molecule has 1 aromatic heterocycles. The molecule has 1 aliphatic rings. The van der Waals surface area contributed by atoms with Crippen LogP contribution in [0.15, 0.2) is 42.5 Å². The molecule has 2 aromatic carbocycles. The summed E-state index contributed by atoms with van der Waals surface area (Å²) in [6.45, 7) is 1.07. The number of imide groups is 1. The number of thiazole rings is 1. The molecule has 174 valence electrons. The number of rotatable bonds is 7. The Kier molecular flexibility index (Phi) is 7.68. The molecular formula is C23H25ClN4O4S. The van der Waals surface area contributed by atoms with E-state index in [1.54, 1.807) is 36.3 Å². The van der Waals surface area contributed by atoms with Gasteiger partial charge >= 0.3 is 0 Å². The Bertz CT molecular complexity index is 1180. The maximum Gasteiger partial charge on any atom is 0.260 e. The van der Waals surface area contributed by atoms with Gasteiger partial charge in [0.1, 0.15) is 11.3 Å². The van der Waals surface area contributed by atoms with E-state index >= 15 is 0 Å². The molecule has 2 heterocycles. The van der Waals surface area contributed by atoms with Crippen LogP contribution in [0.2, 0.25) is 0 Å². The van der Waals surface area contributed by atoms with Crippen molar-refractivity contribution in [1.29, 1.82) is 0 Å². The van der Waals surface area contributed by atoms with Crippen LogP contribution in [-0.2, 0) is 9.59 Å². The van der Waals surface area contributed by atoms with Gasteiger partial charge in [-0.2, -0.15) is 0 Å². The predicted octanol–water partition coefficient (Wildman–Crippen LogP) is 3.59. The number of ether oxygens (including phenoxy) is 1. The van der Waals surface area contributed by atoms with Crippen molar-refractivity contribution in [3.63, 3.8) is 0 Å². The Balaban J connectivity index is 0.00000306. The van der Waals surface area contributed by atoms with Gasteiger partial charge in [0.15, 0.2) is 5.13 Å². The summed E-state index contributed by atoms with van der Waals surface area (Å²) in [5, 5.41) is 0.565. The fourth-order valence-electron chi connectivity index (χ4n) is 3.57. The lowest BCUT2D eigenvalue weighted by Gasteiger charge is -2.22. The third-order valence-corrected chi connectivity index (χ3v) is 6.28. The number of amides is 3. The van der Waals surface area contributed by atoms with Gasteiger partial charge in [-0.1, -0.05) is 23.5 Å². The second-order valence-corrected chi connectivity index (χ2v) is 8.75. The van der Waals surface area contributed by atoms with E-state index in [0.29, 0.717) is 40.7 Å². The Hall–Kier alpha value is -3.01. The van der Waals surface area contributed by atoms with Crippen molar-refractivity contribution in [1.82, 2.24) is 9.88 Å². The molecule has 0 spiro atoms. The zero-order chi connectivity index (χ0) is 22.8. The summed E-state index contributed by atoms with van der Waals surface area (Å²) in [6, 6.07) is 12.3. The fourth-order valence-corrected chi connectivity index (χ4v) is 4.58. The standard InChI is InChI=1S/C23H24N4O4S.ClH/c1-25(2)12-13-26(23-24-21-17(31-3)8-5-9-18(21)32-23)22(30)15-6-4-7-16(14-15)27-19(28)10-11-20(27)29;/h4-9,14H,10-13H2,1-3H3;1H. The molecule has 0 atom stereocenters. The smallest absolute Gasteiger partial charge is 0.260 e. The maximum absolute atomic E-state index is 13.6. The van der Waals surface area contributed by atoms with Crippen molar-refractivity contribution in [2.45, 2.75) is 12.8 Å². The summed E-state index contributed by atoms with van der Waals surface area (Å²) in [7, 11) is 5.47. The van der Waals surface area contributed by atoms with Gasteiger partial charge in [-0.3, -0.25) is 24.2 Å². The van der Waals surface area contributed by atoms with E-state index in [4.69, 9.17) is 9.72 Å². The number of carbonyl (C=O) groups excluding carboxylic acids is 3. The summed E-state index contributed by atoms with van der Waals surface area (Å²) in [5.41, 5.74) is 1.52. The number of anilines is 2. The molecule has 0 saturated carbocycles. The Morgan fingerprint density at radius 2 is 1.79 bits per heavy atom. The SMILES string of the molecule is COc1cccc2sc(N(CCN(C)C)C(=O)c3cccc(N4C(=O)CCC4=O)c3)nc12.Cl. The highest BCUT2D eigenvalue weighted by Gasteiger charge is 2.31. The molecule has 0 N–H and O–H groups in total. The third kappa shape index (κ3) is 5.00. The highest BCUT2D eigenvalue weighted by molar-refractivity contribution is 7.22. The number of methoxy groups -OCH3 is 1. The van der Waals surface area contributed by atoms with E-state index < -0.39 is 0 Å². The first-order valence-corrected chi connectivity index (χ1v) is 11.1. The van der Waals surface area contributed by atoms with Crippen molar-refractivity contribution in [2.24, 2.45) is 0 Å². The van der Waals surface area contributed by atoms with E-state index in [1.807, 2.05) is 37.2 Å². The normalized spacial score (nSPS) is 13.5. The van der Waals surface area contributed by atoms with E-state index in [2.05, 4.69) is 0 Å². The van der Waals surface area contributed by atoms with Gasteiger partial charge in [0, 0.05) is 31.5 Å². The molecule has 1 aliphatic heterocycles. The summed E-state index contributed by atoms with van der Waals surface area (Å²) in [6.07, 6.45) is 0.388. The Morgan fingerprint density at radius 3 is 2.45 bits per heavy atom. The van der Waals surface area contributed by atoms with E-state index in [1.165, 1.54) is 11.3 Å². The van der Waals surface area contributed by atoms with Gasteiger partial charge in [0.2, 0.25) is 11.8 Å². The molecule has 10 heteroatoms. The highest BCUT2D eigenvalue weighted by Crippen LogP contribution is 2.35. The lowest BCUT2D eigenvalue weighted by molar-refractivity contribution is -0.121. The van der Waals surface area contributed by atoms with E-state index in [0.717, 1.165) is 9.60 Å². The number of carbonyl (C=O) groups is 3. The predicted molar refractivity (Wildman–Crippen MR) is 132 cm³/mol. The highest BCUT2D eigenvalue weighted by atomic mass is 35.5. The van der Waals surface area contributed by atoms with Crippen LogP contribution >= 0.6 is 23.7 Å². The Labute approximate surface area is 202 Å². The molecular weight excluding hydrogens is 464 g/mol. The molecule has 1 saturated heterocycles. The van der Waals surface area contributed by atoms with Gasteiger partial charge in [0.05, 0.1) is 17.5 Å². The first-order valence-electron chi connectivity index (χ1n) is 10.2. The number of benzene rings is 2. The van der Waals surface area contributed by atoms with Crippen LogP contribution in [0.4, 0.5) is 10.8 Å². The molecule has 3 amide bonds. The monoisotopic (exact) mass is 488 g/mol. The Morgan fingerprint density at radius 1 is 1.09 bits per heavy atom. The quantitative estimate of drug-likeness (QED) is 0.473. The number of likely N-dealkylation sites (N-methyl/N-ethyl adjacent to an activating group) is 1. The summed E-state index contributed by atoms with van der Waals surface area (Å²) in [4.78, 5) is 47.3. The van der Waals surface area contributed by atoms with Gasteiger partial charge in [-0.25, -0.2) is 4.98 Å². The summed E-state index contributed by atoms with van der Waals surface area (Å²) in [5.74, 6) is -0.0893. The summed E-state index contributed by atoms with van der Waals surface area (Å²) < 4.78 is 6.34. The molecule has 0 bridgehead atoms. The lowest BCUT2D eigenvalue weighted by atomic mass is 10.1. The zero-order valence-corrected chi connectivity index (χ0v) is 20.2. The topological polar surface area (TPSA) is 83.0 Å². The van der Waals surface area contributed by atoms with Crippen LogP contribution < -0.4 is 14.5 Å². The number of aromatic nitrogens is 1. The van der Waals surface area contributed by atoms with Crippen LogP contribution in [0.5, 0.6) is 5.75 Å². The number of hydrogen-bond acceptors (Lipinski definition) is 7. The molecule has 1 fully saturated rings. The van der Waals surface area contributed by atoms with Crippen molar-refractivity contribution in [3.8, 4) is 5.75 Å². The van der Waals surface area contributed by atoms with Crippen molar-refractivity contribution in [3.05, 3.63) is 48.0 Å². The van der Waals surface area contributed by atoms with E-state index in [-0.39, 0.29) is 43.0 Å². The minimum Gasteiger partial charge on any atom is -0.494 e. The largest absolute Gasteiger partial charge is 0.494 e. The van der Waals surface area contributed by atoms with Gasteiger partial charge < -0.3 is 9.64 Å². The average molecular weight is 489 g/mol. The minimum atomic E-state index is -0.248. The molecule has 4 rings (SSSR count). The van der Waals surface area contributed by atoms with E-state index in [9.17, 15) is 14.4 Å². The van der Waals surface area contributed by atoms with Crippen LogP contribution in [0.25, 0.3) is 10.2 Å².